The molecule has 1 aliphatic heterocycles. The number of hydrogen-bond donors (Lipinski definition) is 1. The molecule has 0 aromatic heterocycles. The maximum atomic E-state index is 5.98. The average Bonchev–Trinajstić information content (AvgIpc) is 2.38. The van der Waals surface area contributed by atoms with E-state index < -0.39 is 0 Å². The number of hydrogen-bond acceptors (Lipinski definition) is 3. The standard InChI is InChI=1S/C15H23NO2/c1-5-11-6-7-13(17-4)12(8-11)14-9-16-15(2,3)10-18-14/h6-8,14,16H,5,9-10H2,1-4H3. The van der Waals surface area contributed by atoms with Gasteiger partial charge in [0.05, 0.1) is 19.8 Å². The topological polar surface area (TPSA) is 30.5 Å². The van der Waals surface area contributed by atoms with E-state index in [4.69, 9.17) is 9.47 Å². The smallest absolute Gasteiger partial charge is 0.124 e. The van der Waals surface area contributed by atoms with Crippen LogP contribution in [0, 0.1) is 0 Å². The fourth-order valence-electron chi connectivity index (χ4n) is 2.24. The fourth-order valence-corrected chi connectivity index (χ4v) is 2.24. The molecule has 1 atom stereocenters. The summed E-state index contributed by atoms with van der Waals surface area (Å²) in [7, 11) is 1.71. The number of methoxy groups -OCH3 is 1. The Morgan fingerprint density at radius 3 is 2.78 bits per heavy atom. The van der Waals surface area contributed by atoms with E-state index in [0.29, 0.717) is 0 Å². The second-order valence-corrected chi connectivity index (χ2v) is 5.49. The van der Waals surface area contributed by atoms with Crippen LogP contribution in [0.25, 0.3) is 0 Å². The minimum atomic E-state index is 0.0616. The molecule has 2 rings (SSSR count). The van der Waals surface area contributed by atoms with Crippen molar-refractivity contribution in [2.24, 2.45) is 0 Å². The summed E-state index contributed by atoms with van der Waals surface area (Å²) in [5, 5.41) is 3.52. The predicted molar refractivity (Wildman–Crippen MR) is 73.1 cm³/mol. The molecule has 1 fully saturated rings. The molecule has 0 radical (unpaired) electrons. The van der Waals surface area contributed by atoms with Crippen LogP contribution in [0.2, 0.25) is 0 Å². The van der Waals surface area contributed by atoms with Crippen molar-refractivity contribution < 1.29 is 9.47 Å². The third kappa shape index (κ3) is 2.85. The Morgan fingerprint density at radius 1 is 1.44 bits per heavy atom. The third-order valence-corrected chi connectivity index (χ3v) is 3.46. The first-order valence-electron chi connectivity index (χ1n) is 6.59. The van der Waals surface area contributed by atoms with Gasteiger partial charge in [-0.3, -0.25) is 0 Å². The summed E-state index contributed by atoms with van der Waals surface area (Å²) >= 11 is 0. The van der Waals surface area contributed by atoms with Gasteiger partial charge >= 0.3 is 0 Å². The second-order valence-electron chi connectivity index (χ2n) is 5.49. The molecule has 1 unspecified atom stereocenters. The lowest BCUT2D eigenvalue weighted by molar-refractivity contribution is -0.0238. The Hall–Kier alpha value is -1.06. The molecule has 1 aromatic rings. The molecule has 0 spiro atoms. The molecule has 1 aromatic carbocycles. The van der Waals surface area contributed by atoms with E-state index in [1.165, 1.54) is 5.56 Å². The molecule has 3 nitrogen and oxygen atoms in total. The molecule has 18 heavy (non-hydrogen) atoms. The summed E-state index contributed by atoms with van der Waals surface area (Å²) in [4.78, 5) is 0. The van der Waals surface area contributed by atoms with E-state index in [-0.39, 0.29) is 11.6 Å². The summed E-state index contributed by atoms with van der Waals surface area (Å²) in [5.74, 6) is 0.915. The molecule has 0 saturated carbocycles. The van der Waals surface area contributed by atoms with Crippen molar-refractivity contribution >= 4 is 0 Å². The van der Waals surface area contributed by atoms with Gasteiger partial charge in [-0.1, -0.05) is 13.0 Å². The normalized spacial score (nSPS) is 22.8. The Morgan fingerprint density at radius 2 is 2.22 bits per heavy atom. The number of ether oxygens (including phenoxy) is 2. The van der Waals surface area contributed by atoms with Crippen LogP contribution >= 0.6 is 0 Å². The summed E-state index contributed by atoms with van der Waals surface area (Å²) in [6.07, 6.45) is 1.11. The van der Waals surface area contributed by atoms with Crippen molar-refractivity contribution in [2.75, 3.05) is 20.3 Å². The van der Waals surface area contributed by atoms with Gasteiger partial charge in [-0.15, -0.1) is 0 Å². The predicted octanol–water partition coefficient (Wildman–Crippen LogP) is 2.70. The van der Waals surface area contributed by atoms with Gasteiger partial charge in [-0.25, -0.2) is 0 Å². The Bertz CT molecular complexity index is 405. The lowest BCUT2D eigenvalue weighted by atomic mass is 9.99. The molecule has 1 heterocycles. The molecule has 1 aliphatic rings. The van der Waals surface area contributed by atoms with E-state index in [0.717, 1.165) is 30.9 Å². The number of nitrogens with one attached hydrogen (secondary N) is 1. The minimum absolute atomic E-state index is 0.0616. The highest BCUT2D eigenvalue weighted by Crippen LogP contribution is 2.31. The highest BCUT2D eigenvalue weighted by Gasteiger charge is 2.29. The van der Waals surface area contributed by atoms with Gasteiger partial charge in [0.25, 0.3) is 0 Å². The molecule has 0 aliphatic carbocycles. The van der Waals surface area contributed by atoms with Crippen LogP contribution in [0.1, 0.15) is 38.0 Å². The van der Waals surface area contributed by atoms with Crippen LogP contribution in [0.4, 0.5) is 0 Å². The van der Waals surface area contributed by atoms with Crippen molar-refractivity contribution in [2.45, 2.75) is 38.8 Å². The quantitative estimate of drug-likeness (QED) is 0.893. The highest BCUT2D eigenvalue weighted by molar-refractivity contribution is 5.39. The first-order valence-corrected chi connectivity index (χ1v) is 6.59. The summed E-state index contributed by atoms with van der Waals surface area (Å²) < 4.78 is 11.4. The molecule has 3 heteroatoms. The molecule has 100 valence electrons. The van der Waals surface area contributed by atoms with E-state index in [9.17, 15) is 0 Å². The van der Waals surface area contributed by atoms with Gasteiger partial charge < -0.3 is 14.8 Å². The van der Waals surface area contributed by atoms with E-state index in [2.05, 4.69) is 38.2 Å². The summed E-state index contributed by atoms with van der Waals surface area (Å²) in [5.41, 5.74) is 2.53. The highest BCUT2D eigenvalue weighted by atomic mass is 16.5. The van der Waals surface area contributed by atoms with E-state index >= 15 is 0 Å². The molecule has 1 saturated heterocycles. The maximum Gasteiger partial charge on any atom is 0.124 e. The molecule has 1 N–H and O–H groups in total. The van der Waals surface area contributed by atoms with E-state index in [1.807, 2.05) is 6.07 Å². The van der Waals surface area contributed by atoms with Crippen LogP contribution < -0.4 is 10.1 Å². The van der Waals surface area contributed by atoms with Crippen molar-refractivity contribution in [3.63, 3.8) is 0 Å². The lowest BCUT2D eigenvalue weighted by Gasteiger charge is -2.36. The average molecular weight is 249 g/mol. The van der Waals surface area contributed by atoms with E-state index in [1.54, 1.807) is 7.11 Å². The fraction of sp³-hybridized carbons (Fsp3) is 0.600. The minimum Gasteiger partial charge on any atom is -0.496 e. The third-order valence-electron chi connectivity index (χ3n) is 3.46. The van der Waals surface area contributed by atoms with Crippen molar-refractivity contribution in [3.05, 3.63) is 29.3 Å². The Balaban J connectivity index is 2.21. The second kappa shape index (κ2) is 5.29. The first kappa shape index (κ1) is 13.4. The van der Waals surface area contributed by atoms with Crippen LogP contribution in [0.5, 0.6) is 5.75 Å². The molecular weight excluding hydrogens is 226 g/mol. The van der Waals surface area contributed by atoms with Crippen molar-refractivity contribution in [1.82, 2.24) is 5.32 Å². The largest absolute Gasteiger partial charge is 0.496 e. The van der Waals surface area contributed by atoms with Gasteiger partial charge in [0.2, 0.25) is 0 Å². The molecule has 0 bridgehead atoms. The Labute approximate surface area is 109 Å². The van der Waals surface area contributed by atoms with Gasteiger partial charge in [0.15, 0.2) is 0 Å². The lowest BCUT2D eigenvalue weighted by Crippen LogP contribution is -2.50. The van der Waals surface area contributed by atoms with Gasteiger partial charge in [0, 0.05) is 17.6 Å². The van der Waals surface area contributed by atoms with Crippen LogP contribution in [0.3, 0.4) is 0 Å². The summed E-state index contributed by atoms with van der Waals surface area (Å²) in [6, 6.07) is 6.35. The zero-order valence-corrected chi connectivity index (χ0v) is 11.7. The maximum absolute atomic E-state index is 5.98. The number of morpholine rings is 1. The van der Waals surface area contributed by atoms with Gasteiger partial charge in [-0.05, 0) is 38.0 Å². The summed E-state index contributed by atoms with van der Waals surface area (Å²) in [6.45, 7) is 8.02. The Kier molecular flexibility index (Phi) is 3.93. The number of benzene rings is 1. The van der Waals surface area contributed by atoms with Gasteiger partial charge in [0.1, 0.15) is 5.75 Å². The van der Waals surface area contributed by atoms with Gasteiger partial charge in [-0.2, -0.15) is 0 Å². The number of aryl methyl sites for hydroxylation is 1. The molecule has 0 amide bonds. The number of rotatable bonds is 3. The first-order chi connectivity index (χ1) is 8.55. The van der Waals surface area contributed by atoms with Crippen LogP contribution in [-0.4, -0.2) is 25.8 Å². The van der Waals surface area contributed by atoms with Crippen LogP contribution in [0.15, 0.2) is 18.2 Å². The van der Waals surface area contributed by atoms with Crippen LogP contribution in [-0.2, 0) is 11.2 Å². The zero-order valence-electron chi connectivity index (χ0n) is 11.7. The van der Waals surface area contributed by atoms with Crippen molar-refractivity contribution in [3.8, 4) is 5.75 Å². The molecular formula is C15H23NO2. The SMILES string of the molecule is CCc1ccc(OC)c(C2CNC(C)(C)CO2)c1. The van der Waals surface area contributed by atoms with Crippen molar-refractivity contribution in [1.29, 1.82) is 0 Å². The monoisotopic (exact) mass is 249 g/mol. The zero-order chi connectivity index (χ0) is 13.2.